The molecule has 0 aliphatic rings. The van der Waals surface area contributed by atoms with Crippen LogP contribution < -0.4 is 0 Å². The highest BCUT2D eigenvalue weighted by molar-refractivity contribution is 6.33. The van der Waals surface area contributed by atoms with Gasteiger partial charge in [-0.3, -0.25) is 0 Å². The lowest BCUT2D eigenvalue weighted by Crippen LogP contribution is -1.87. The van der Waals surface area contributed by atoms with Crippen LogP contribution in [0.1, 0.15) is 0 Å². The van der Waals surface area contributed by atoms with E-state index >= 15 is 0 Å². The molecule has 0 amide bonds. The summed E-state index contributed by atoms with van der Waals surface area (Å²) < 4.78 is 14.1. The Bertz CT molecular complexity index is 721. The average Bonchev–Trinajstić information content (AvgIpc) is 2.51. The number of hydrogen-bond donors (Lipinski definition) is 0. The van der Waals surface area contributed by atoms with Crippen molar-refractivity contribution >= 4 is 11.6 Å². The van der Waals surface area contributed by atoms with Gasteiger partial charge in [0.15, 0.2) is 0 Å². The Morgan fingerprint density at radius 1 is 0.650 bits per heavy atom. The highest BCUT2D eigenvalue weighted by atomic mass is 35.5. The molecule has 0 saturated carbocycles. The predicted octanol–water partition coefficient (Wildman–Crippen LogP) is 5.81. The van der Waals surface area contributed by atoms with Crippen LogP contribution in [0, 0.1) is 5.82 Å². The molecule has 3 rings (SSSR count). The molecular weight excluding hydrogens is 271 g/mol. The van der Waals surface area contributed by atoms with E-state index in [1.165, 1.54) is 6.07 Å². The number of halogens is 2. The van der Waals surface area contributed by atoms with Crippen LogP contribution in [-0.4, -0.2) is 0 Å². The zero-order chi connectivity index (χ0) is 13.9. The van der Waals surface area contributed by atoms with Crippen LogP contribution >= 0.6 is 11.6 Å². The third-order valence-electron chi connectivity index (χ3n) is 3.22. The summed E-state index contributed by atoms with van der Waals surface area (Å²) in [6.07, 6.45) is 0. The lowest BCUT2D eigenvalue weighted by molar-refractivity contribution is 0.629. The Morgan fingerprint density at radius 2 is 1.20 bits per heavy atom. The average molecular weight is 283 g/mol. The van der Waals surface area contributed by atoms with Gasteiger partial charge in [-0.2, -0.15) is 0 Å². The first kappa shape index (κ1) is 12.9. The molecule has 0 aliphatic carbocycles. The van der Waals surface area contributed by atoms with Crippen molar-refractivity contribution < 1.29 is 4.39 Å². The van der Waals surface area contributed by atoms with Gasteiger partial charge in [0.1, 0.15) is 5.82 Å². The molecule has 2 heteroatoms. The van der Waals surface area contributed by atoms with Crippen LogP contribution in [0.5, 0.6) is 0 Å². The van der Waals surface area contributed by atoms with Crippen LogP contribution in [0.15, 0.2) is 72.8 Å². The molecule has 0 spiro atoms. The fourth-order valence-electron chi connectivity index (χ4n) is 2.21. The molecule has 0 fully saturated rings. The monoisotopic (exact) mass is 282 g/mol. The van der Waals surface area contributed by atoms with E-state index in [9.17, 15) is 4.39 Å². The first-order valence-corrected chi connectivity index (χ1v) is 6.73. The second-order valence-corrected chi connectivity index (χ2v) is 4.93. The summed E-state index contributed by atoms with van der Waals surface area (Å²) >= 11 is 6.11. The Hall–Kier alpha value is -2.12. The van der Waals surface area contributed by atoms with Gasteiger partial charge in [0.2, 0.25) is 0 Å². The van der Waals surface area contributed by atoms with E-state index in [0.717, 1.165) is 16.7 Å². The van der Waals surface area contributed by atoms with Gasteiger partial charge in [-0.25, -0.2) is 4.39 Å². The molecule has 0 N–H and O–H groups in total. The third-order valence-corrected chi connectivity index (χ3v) is 3.60. The minimum Gasteiger partial charge on any atom is -0.205 e. The van der Waals surface area contributed by atoms with Crippen molar-refractivity contribution in [1.82, 2.24) is 0 Å². The lowest BCUT2D eigenvalue weighted by atomic mass is 9.99. The maximum absolute atomic E-state index is 14.1. The Kier molecular flexibility index (Phi) is 3.53. The van der Waals surface area contributed by atoms with Gasteiger partial charge >= 0.3 is 0 Å². The second-order valence-electron chi connectivity index (χ2n) is 4.55. The van der Waals surface area contributed by atoms with Crippen molar-refractivity contribution in [2.24, 2.45) is 0 Å². The Labute approximate surface area is 122 Å². The molecule has 3 aromatic rings. The van der Waals surface area contributed by atoms with Crippen LogP contribution in [0.3, 0.4) is 0 Å². The normalized spacial score (nSPS) is 10.5. The zero-order valence-electron chi connectivity index (χ0n) is 10.7. The van der Waals surface area contributed by atoms with Gasteiger partial charge in [-0.05, 0) is 28.8 Å². The molecule has 3 aromatic carbocycles. The number of rotatable bonds is 2. The molecule has 0 radical (unpaired) electrons. The first-order chi connectivity index (χ1) is 9.75. The van der Waals surface area contributed by atoms with Crippen LogP contribution in [0.25, 0.3) is 22.3 Å². The van der Waals surface area contributed by atoms with E-state index in [1.807, 2.05) is 66.7 Å². The molecule has 98 valence electrons. The third kappa shape index (κ3) is 2.45. The highest BCUT2D eigenvalue weighted by Crippen LogP contribution is 2.34. The summed E-state index contributed by atoms with van der Waals surface area (Å²) in [5.41, 5.74) is 3.42. The fourth-order valence-corrected chi connectivity index (χ4v) is 2.43. The number of hydrogen-bond acceptors (Lipinski definition) is 0. The summed E-state index contributed by atoms with van der Waals surface area (Å²) in [5, 5.41) is 0.163. The van der Waals surface area contributed by atoms with Crippen molar-refractivity contribution in [1.29, 1.82) is 0 Å². The molecule has 0 unspecified atom stereocenters. The van der Waals surface area contributed by atoms with E-state index in [2.05, 4.69) is 0 Å². The van der Waals surface area contributed by atoms with E-state index < -0.39 is 5.82 Å². The molecule has 0 nitrogen and oxygen atoms in total. The molecule has 0 aromatic heterocycles. The molecule has 20 heavy (non-hydrogen) atoms. The van der Waals surface area contributed by atoms with Crippen LogP contribution in [-0.2, 0) is 0 Å². The Morgan fingerprint density at radius 3 is 1.80 bits per heavy atom. The summed E-state index contributed by atoms with van der Waals surface area (Å²) in [7, 11) is 0. The molecular formula is C18H12ClF. The molecule has 0 aliphatic heterocycles. The fraction of sp³-hybridized carbons (Fsp3) is 0. The number of benzene rings is 3. The molecule has 0 saturated heterocycles. The Balaban J connectivity index is 2.19. The maximum atomic E-state index is 14.1. The van der Waals surface area contributed by atoms with Crippen molar-refractivity contribution in [2.45, 2.75) is 0 Å². The standard InChI is InChI=1S/C18H12ClF/c19-18-16(14-9-5-2-6-10-14)11-15(12-17(18)20)13-7-3-1-4-8-13/h1-12H. The minimum absolute atomic E-state index is 0.163. The second kappa shape index (κ2) is 5.48. The summed E-state index contributed by atoms with van der Waals surface area (Å²) in [6, 6.07) is 22.7. The summed E-state index contributed by atoms with van der Waals surface area (Å²) in [4.78, 5) is 0. The van der Waals surface area contributed by atoms with Crippen molar-refractivity contribution in [3.05, 3.63) is 83.6 Å². The van der Waals surface area contributed by atoms with E-state index in [1.54, 1.807) is 0 Å². The predicted molar refractivity (Wildman–Crippen MR) is 82.3 cm³/mol. The van der Waals surface area contributed by atoms with Crippen molar-refractivity contribution in [2.75, 3.05) is 0 Å². The van der Waals surface area contributed by atoms with Gasteiger partial charge in [0, 0.05) is 5.56 Å². The molecule has 0 bridgehead atoms. The van der Waals surface area contributed by atoms with Gasteiger partial charge < -0.3 is 0 Å². The van der Waals surface area contributed by atoms with Crippen LogP contribution in [0.2, 0.25) is 5.02 Å². The van der Waals surface area contributed by atoms with Gasteiger partial charge in [-0.15, -0.1) is 0 Å². The van der Waals surface area contributed by atoms with Crippen molar-refractivity contribution in [3.63, 3.8) is 0 Å². The maximum Gasteiger partial charge on any atom is 0.143 e. The van der Waals surface area contributed by atoms with Crippen molar-refractivity contribution in [3.8, 4) is 22.3 Å². The van der Waals surface area contributed by atoms with Crippen LogP contribution in [0.4, 0.5) is 4.39 Å². The smallest absolute Gasteiger partial charge is 0.143 e. The van der Waals surface area contributed by atoms with Gasteiger partial charge in [0.25, 0.3) is 0 Å². The zero-order valence-corrected chi connectivity index (χ0v) is 11.4. The highest BCUT2D eigenvalue weighted by Gasteiger charge is 2.11. The van der Waals surface area contributed by atoms with E-state index in [0.29, 0.717) is 5.56 Å². The van der Waals surface area contributed by atoms with Gasteiger partial charge in [-0.1, -0.05) is 72.3 Å². The molecule has 0 atom stereocenters. The summed E-state index contributed by atoms with van der Waals surface area (Å²) in [5.74, 6) is -0.396. The largest absolute Gasteiger partial charge is 0.205 e. The van der Waals surface area contributed by atoms with E-state index in [-0.39, 0.29) is 5.02 Å². The quantitative estimate of drug-likeness (QED) is 0.556. The SMILES string of the molecule is Fc1cc(-c2ccccc2)cc(-c2ccccc2)c1Cl. The first-order valence-electron chi connectivity index (χ1n) is 6.35. The lowest BCUT2D eigenvalue weighted by Gasteiger charge is -2.09. The minimum atomic E-state index is -0.396. The summed E-state index contributed by atoms with van der Waals surface area (Å²) in [6.45, 7) is 0. The topological polar surface area (TPSA) is 0 Å². The van der Waals surface area contributed by atoms with Gasteiger partial charge in [0.05, 0.1) is 5.02 Å². The molecule has 0 heterocycles. The van der Waals surface area contributed by atoms with E-state index in [4.69, 9.17) is 11.6 Å².